The number of carboxylic acid groups (broad SMARTS) is 1. The maximum Gasteiger partial charge on any atom is 0.329 e. The number of rotatable bonds is 5. The molecule has 2 N–H and O–H groups in total. The van der Waals surface area contributed by atoms with Crippen molar-refractivity contribution in [2.45, 2.75) is 69.9 Å². The number of ether oxygens (including phenoxy) is 1. The van der Waals surface area contributed by atoms with Gasteiger partial charge < -0.3 is 15.2 Å². The number of carbonyl (C=O) groups is 2. The summed E-state index contributed by atoms with van der Waals surface area (Å²) in [6.45, 7) is 3.63. The molecule has 1 saturated carbocycles. The van der Waals surface area contributed by atoms with E-state index < -0.39 is 17.1 Å². The zero-order chi connectivity index (χ0) is 14.5. The van der Waals surface area contributed by atoms with Gasteiger partial charge >= 0.3 is 5.97 Å². The van der Waals surface area contributed by atoms with Crippen LogP contribution >= 0.6 is 0 Å². The molecule has 0 radical (unpaired) electrons. The lowest BCUT2D eigenvalue weighted by Gasteiger charge is -2.31. The summed E-state index contributed by atoms with van der Waals surface area (Å²) in [5, 5.41) is 12.2. The molecular formula is C14H25NO4. The van der Waals surface area contributed by atoms with Crippen molar-refractivity contribution < 1.29 is 19.4 Å². The third-order valence-electron chi connectivity index (χ3n) is 3.88. The van der Waals surface area contributed by atoms with Crippen molar-refractivity contribution in [1.29, 1.82) is 0 Å². The van der Waals surface area contributed by atoms with E-state index in [-0.39, 0.29) is 12.3 Å². The van der Waals surface area contributed by atoms with Gasteiger partial charge in [0.05, 0.1) is 12.0 Å². The topological polar surface area (TPSA) is 75.6 Å². The summed E-state index contributed by atoms with van der Waals surface area (Å²) in [6.07, 6.45) is 4.96. The number of carboxylic acids is 1. The van der Waals surface area contributed by atoms with Gasteiger partial charge in [-0.25, -0.2) is 4.79 Å². The van der Waals surface area contributed by atoms with Crippen molar-refractivity contribution in [3.05, 3.63) is 0 Å². The van der Waals surface area contributed by atoms with E-state index in [0.717, 1.165) is 25.7 Å². The van der Waals surface area contributed by atoms with Gasteiger partial charge in [0.15, 0.2) is 0 Å². The molecule has 1 amide bonds. The van der Waals surface area contributed by atoms with Gasteiger partial charge in [-0.05, 0) is 26.7 Å². The Morgan fingerprint density at radius 2 is 1.74 bits per heavy atom. The standard InChI is InChI=1S/C14H25NO4/c1-13(2,19-3)10-11(16)15-14(12(17)18)8-6-4-5-7-9-14/h4-10H2,1-3H3,(H,15,16)(H,17,18). The van der Waals surface area contributed by atoms with E-state index in [0.29, 0.717) is 12.8 Å². The highest BCUT2D eigenvalue weighted by Gasteiger charge is 2.40. The lowest BCUT2D eigenvalue weighted by Crippen LogP contribution is -2.55. The molecule has 5 nitrogen and oxygen atoms in total. The predicted molar refractivity (Wildman–Crippen MR) is 71.9 cm³/mol. The molecule has 0 heterocycles. The van der Waals surface area contributed by atoms with Crippen molar-refractivity contribution in [3.63, 3.8) is 0 Å². The number of methoxy groups -OCH3 is 1. The first kappa shape index (κ1) is 16.0. The zero-order valence-electron chi connectivity index (χ0n) is 12.1. The second kappa shape index (κ2) is 6.37. The van der Waals surface area contributed by atoms with Gasteiger partial charge in [0, 0.05) is 7.11 Å². The molecule has 19 heavy (non-hydrogen) atoms. The maximum atomic E-state index is 12.1. The Morgan fingerprint density at radius 1 is 1.21 bits per heavy atom. The molecule has 0 spiro atoms. The molecule has 1 aliphatic rings. The first-order chi connectivity index (χ1) is 8.81. The van der Waals surface area contributed by atoms with Crippen LogP contribution in [0.3, 0.4) is 0 Å². The van der Waals surface area contributed by atoms with Crippen LogP contribution < -0.4 is 5.32 Å². The largest absolute Gasteiger partial charge is 0.480 e. The maximum absolute atomic E-state index is 12.1. The van der Waals surface area contributed by atoms with Crippen molar-refractivity contribution in [2.24, 2.45) is 0 Å². The highest BCUT2D eigenvalue weighted by molar-refractivity contribution is 5.87. The molecule has 5 heteroatoms. The quantitative estimate of drug-likeness (QED) is 0.751. The van der Waals surface area contributed by atoms with Gasteiger partial charge in [0.1, 0.15) is 5.54 Å². The molecule has 0 bridgehead atoms. The molecule has 0 saturated heterocycles. The minimum Gasteiger partial charge on any atom is -0.480 e. The molecular weight excluding hydrogens is 246 g/mol. The molecule has 0 unspecified atom stereocenters. The summed E-state index contributed by atoms with van der Waals surface area (Å²) < 4.78 is 5.21. The third kappa shape index (κ3) is 4.49. The SMILES string of the molecule is COC(C)(C)CC(=O)NC1(C(=O)O)CCCCCC1. The van der Waals surface area contributed by atoms with Crippen molar-refractivity contribution in [3.8, 4) is 0 Å². The Hall–Kier alpha value is -1.10. The van der Waals surface area contributed by atoms with Crippen LogP contribution in [0.1, 0.15) is 58.8 Å². The summed E-state index contributed by atoms with van der Waals surface area (Å²) in [5.74, 6) is -1.17. The van der Waals surface area contributed by atoms with Gasteiger partial charge in [-0.1, -0.05) is 25.7 Å². The Kier molecular flexibility index (Phi) is 5.35. The minimum absolute atomic E-state index is 0.165. The van der Waals surface area contributed by atoms with Crippen molar-refractivity contribution >= 4 is 11.9 Å². The van der Waals surface area contributed by atoms with Gasteiger partial charge in [-0.3, -0.25) is 4.79 Å². The molecule has 0 aromatic heterocycles. The second-order valence-electron chi connectivity index (χ2n) is 5.99. The smallest absolute Gasteiger partial charge is 0.329 e. The summed E-state index contributed by atoms with van der Waals surface area (Å²) in [4.78, 5) is 23.6. The van der Waals surface area contributed by atoms with Crippen LogP contribution in [0.5, 0.6) is 0 Å². The molecule has 0 aromatic rings. The van der Waals surface area contributed by atoms with Crippen molar-refractivity contribution in [1.82, 2.24) is 5.32 Å². The number of amides is 1. The Balaban J connectivity index is 2.73. The lowest BCUT2D eigenvalue weighted by atomic mass is 9.89. The Bertz CT molecular complexity index is 330. The van der Waals surface area contributed by atoms with E-state index >= 15 is 0 Å². The third-order valence-corrected chi connectivity index (χ3v) is 3.88. The number of aliphatic carboxylic acids is 1. The fraction of sp³-hybridized carbons (Fsp3) is 0.857. The normalized spacial score (nSPS) is 19.5. The highest BCUT2D eigenvalue weighted by Crippen LogP contribution is 2.28. The van der Waals surface area contributed by atoms with E-state index in [1.165, 1.54) is 0 Å². The van der Waals surface area contributed by atoms with Gasteiger partial charge in [0.25, 0.3) is 0 Å². The molecule has 1 aliphatic carbocycles. The molecule has 0 atom stereocenters. The second-order valence-corrected chi connectivity index (χ2v) is 5.99. The average Bonchev–Trinajstić information content (AvgIpc) is 2.55. The van der Waals surface area contributed by atoms with E-state index in [4.69, 9.17) is 4.74 Å². The zero-order valence-corrected chi connectivity index (χ0v) is 12.1. The average molecular weight is 271 g/mol. The van der Waals surface area contributed by atoms with Crippen LogP contribution in [0.15, 0.2) is 0 Å². The van der Waals surface area contributed by atoms with Crippen LogP contribution in [0.25, 0.3) is 0 Å². The van der Waals surface area contributed by atoms with E-state index in [9.17, 15) is 14.7 Å². The number of hydrogen-bond acceptors (Lipinski definition) is 3. The van der Waals surface area contributed by atoms with E-state index in [2.05, 4.69) is 5.32 Å². The molecule has 1 rings (SSSR count). The van der Waals surface area contributed by atoms with Gasteiger partial charge in [-0.15, -0.1) is 0 Å². The summed E-state index contributed by atoms with van der Waals surface area (Å²) >= 11 is 0. The first-order valence-corrected chi connectivity index (χ1v) is 6.91. The number of nitrogens with one attached hydrogen (secondary N) is 1. The molecule has 110 valence electrons. The van der Waals surface area contributed by atoms with E-state index in [1.807, 2.05) is 13.8 Å². The Labute approximate surface area is 114 Å². The van der Waals surface area contributed by atoms with Crippen LogP contribution in [-0.2, 0) is 14.3 Å². The molecule has 1 fully saturated rings. The summed E-state index contributed by atoms with van der Waals surface area (Å²) in [5.41, 5.74) is -1.66. The molecule has 0 aromatic carbocycles. The highest BCUT2D eigenvalue weighted by atomic mass is 16.5. The van der Waals surface area contributed by atoms with E-state index in [1.54, 1.807) is 7.11 Å². The fourth-order valence-electron chi connectivity index (χ4n) is 2.49. The number of hydrogen-bond donors (Lipinski definition) is 2. The monoisotopic (exact) mass is 271 g/mol. The minimum atomic E-state index is -1.09. The van der Waals surface area contributed by atoms with Crippen LogP contribution in [0.4, 0.5) is 0 Å². The first-order valence-electron chi connectivity index (χ1n) is 6.91. The van der Waals surface area contributed by atoms with Gasteiger partial charge in [0.2, 0.25) is 5.91 Å². The van der Waals surface area contributed by atoms with Crippen LogP contribution in [0, 0.1) is 0 Å². The van der Waals surface area contributed by atoms with Crippen LogP contribution in [0.2, 0.25) is 0 Å². The van der Waals surface area contributed by atoms with Gasteiger partial charge in [-0.2, -0.15) is 0 Å². The number of carbonyl (C=O) groups excluding carboxylic acids is 1. The molecule has 0 aliphatic heterocycles. The lowest BCUT2D eigenvalue weighted by molar-refractivity contribution is -0.149. The van der Waals surface area contributed by atoms with Crippen molar-refractivity contribution in [2.75, 3.05) is 7.11 Å². The predicted octanol–water partition coefficient (Wildman–Crippen LogP) is 2.10. The van der Waals surface area contributed by atoms with Crippen LogP contribution in [-0.4, -0.2) is 35.2 Å². The summed E-state index contributed by atoms with van der Waals surface area (Å²) in [6, 6.07) is 0. The fourth-order valence-corrected chi connectivity index (χ4v) is 2.49. The summed E-state index contributed by atoms with van der Waals surface area (Å²) in [7, 11) is 1.55. The Morgan fingerprint density at radius 3 is 2.16 bits per heavy atom.